The molecule has 22 nitrogen and oxygen atoms in total. The fourth-order valence-electron chi connectivity index (χ4n) is 7.87. The van der Waals surface area contributed by atoms with E-state index in [0.717, 1.165) is 43.6 Å². The minimum absolute atomic E-state index is 0. The number of carboxylic acids is 6. The van der Waals surface area contributed by atoms with Crippen molar-refractivity contribution in [3.05, 3.63) is 280 Å². The largest absolute Gasteiger partial charge is 3.00 e. The summed E-state index contributed by atoms with van der Waals surface area (Å²) in [6.07, 6.45) is 1.75. The van der Waals surface area contributed by atoms with Crippen molar-refractivity contribution >= 4 is 79.4 Å². The molecule has 102 heavy (non-hydrogen) atoms. The van der Waals surface area contributed by atoms with Crippen LogP contribution in [0.4, 0.5) is 0 Å². The van der Waals surface area contributed by atoms with E-state index in [1.807, 2.05) is 60.7 Å². The van der Waals surface area contributed by atoms with Gasteiger partial charge < -0.3 is 87.8 Å². The van der Waals surface area contributed by atoms with E-state index in [9.17, 15) is 59.4 Å². The quantitative estimate of drug-likeness (QED) is 0.0798. The molecule has 0 amide bonds. The minimum atomic E-state index is -1.21. The maximum atomic E-state index is 10.3. The van der Waals surface area contributed by atoms with E-state index in [2.05, 4.69) is 68.5 Å². The topological polar surface area (TPSA) is 348 Å². The number of aliphatic carboxylic acids is 6. The van der Waals surface area contributed by atoms with Crippen molar-refractivity contribution in [3.8, 4) is 34.5 Å². The molecule has 0 saturated carbocycles. The fourth-order valence-corrected chi connectivity index (χ4v) is 7.87. The number of para-hydroxylation sites is 6. The van der Waals surface area contributed by atoms with Gasteiger partial charge in [-0.3, -0.25) is 19.9 Å². The van der Waals surface area contributed by atoms with Crippen LogP contribution in [0.15, 0.2) is 280 Å². The zero-order valence-electron chi connectivity index (χ0n) is 55.8. The molecule has 0 N–H and O–H groups in total. The molecular formula is C78H70N4O18Tb2. The molecule has 0 saturated heterocycles. The van der Waals surface area contributed by atoms with Crippen molar-refractivity contribution in [1.82, 2.24) is 19.9 Å². The number of rotatable bonds is 18. The van der Waals surface area contributed by atoms with Gasteiger partial charge in [-0.1, -0.05) is 158 Å². The molecule has 0 aliphatic heterocycles. The number of hydrogen-bond donors (Lipinski definition) is 0. The van der Waals surface area contributed by atoms with Gasteiger partial charge in [0.05, 0.1) is 57.9 Å². The van der Waals surface area contributed by atoms with Gasteiger partial charge in [-0.2, -0.15) is 0 Å². The van der Waals surface area contributed by atoms with Gasteiger partial charge in [0.25, 0.3) is 0 Å². The van der Waals surface area contributed by atoms with E-state index in [1.54, 1.807) is 170 Å². The third kappa shape index (κ3) is 32.3. The van der Waals surface area contributed by atoms with Gasteiger partial charge in [0.15, 0.2) is 0 Å². The monoisotopic (exact) mass is 1670 g/mol. The first-order chi connectivity index (χ1) is 48.1. The Morgan fingerprint density at radius 2 is 0.363 bits per heavy atom. The van der Waals surface area contributed by atoms with E-state index in [4.69, 9.17) is 28.4 Å². The van der Waals surface area contributed by atoms with Crippen LogP contribution in [0.2, 0.25) is 0 Å². The van der Waals surface area contributed by atoms with Gasteiger partial charge in [0, 0.05) is 46.3 Å². The third-order valence-corrected chi connectivity index (χ3v) is 13.0. The van der Waals surface area contributed by atoms with Crippen LogP contribution in [0.3, 0.4) is 0 Å². The van der Waals surface area contributed by atoms with Crippen LogP contribution in [0, 0.1) is 77.2 Å². The smallest absolute Gasteiger partial charge is 0.546 e. The number of aromatic nitrogens is 4. The number of nitrogens with zero attached hydrogens (tertiary/aromatic N) is 4. The summed E-state index contributed by atoms with van der Waals surface area (Å²) in [6.45, 7) is 8.60. The van der Waals surface area contributed by atoms with Gasteiger partial charge in [0.2, 0.25) is 0 Å². The standard InChI is InChI=1S/2C12H8N2.6C9H10O3.2Tb/c2*1-3-9-5-6-10-4-2-8-14-12(10)11(9)13-7-1;6*1-7(9(10)11)12-8-5-3-2-4-6-8;;/h2*1-8H;6*2-7H,1H3,(H,10,11);;/q;;;;;;;;2*+3/p-6/t;;6*7-;;/m..111000../s1. The Bertz CT molecular complexity index is 3760. The Morgan fingerprint density at radius 1 is 0.225 bits per heavy atom. The molecule has 8 aromatic carbocycles. The van der Waals surface area contributed by atoms with Crippen LogP contribution < -0.4 is 59.1 Å². The zero-order chi connectivity index (χ0) is 72.6. The number of carboxylic acid groups (broad SMARTS) is 6. The molecule has 24 heteroatoms. The molecule has 0 fully saturated rings. The van der Waals surface area contributed by atoms with Crippen molar-refractivity contribution in [2.45, 2.75) is 78.2 Å². The van der Waals surface area contributed by atoms with Crippen LogP contribution in [-0.2, 0) is 28.8 Å². The summed E-state index contributed by atoms with van der Waals surface area (Å²) in [5, 5.41) is 66.2. The van der Waals surface area contributed by atoms with Crippen LogP contribution in [0.25, 0.3) is 43.6 Å². The Hall–Kier alpha value is -10.4. The number of carbonyl (C=O) groups excluding carboxylic acids is 6. The van der Waals surface area contributed by atoms with Crippen molar-refractivity contribution in [2.75, 3.05) is 0 Å². The van der Waals surface area contributed by atoms with Gasteiger partial charge in [-0.05, 0) is 139 Å². The second-order valence-electron chi connectivity index (χ2n) is 20.8. The summed E-state index contributed by atoms with van der Waals surface area (Å²) in [5.41, 5.74) is 3.91. The number of pyridine rings is 4. The SMILES string of the molecule is C[C@@H](Oc1ccccc1)C(=O)[O-].C[C@@H](Oc1ccccc1)C(=O)[O-].C[C@@H](Oc1ccccc1)C(=O)[O-].C[C@H](Oc1ccccc1)C(=O)[O-].C[C@H](Oc1ccccc1)C(=O)[O-].C[C@H](Oc1ccccc1)C(=O)[O-].[Tb+3].[Tb+3].c1cnc2c(c1)ccc1cccnc12.c1cnc2c(c1)ccc1cccnc12. The van der Waals surface area contributed by atoms with Crippen LogP contribution in [0.1, 0.15) is 41.5 Å². The van der Waals surface area contributed by atoms with Crippen LogP contribution in [0.5, 0.6) is 34.5 Å². The molecule has 6 atom stereocenters. The zero-order valence-corrected chi connectivity index (χ0v) is 60.1. The van der Waals surface area contributed by atoms with E-state index in [1.165, 1.54) is 41.5 Å². The van der Waals surface area contributed by atoms with Crippen LogP contribution >= 0.6 is 0 Å². The summed E-state index contributed by atoms with van der Waals surface area (Å²) in [4.78, 5) is 79.0. The summed E-state index contributed by atoms with van der Waals surface area (Å²) < 4.78 is 30.1. The van der Waals surface area contributed by atoms with E-state index in [-0.39, 0.29) is 77.2 Å². The summed E-state index contributed by atoms with van der Waals surface area (Å²) >= 11 is 0. The van der Waals surface area contributed by atoms with E-state index < -0.39 is 72.4 Å². The minimum Gasteiger partial charge on any atom is -0.546 e. The maximum Gasteiger partial charge on any atom is 3.00 e. The fraction of sp³-hybridized carbons (Fsp3) is 0.154. The molecule has 0 aliphatic rings. The molecule has 0 aliphatic carbocycles. The number of benzene rings is 8. The van der Waals surface area contributed by atoms with Gasteiger partial charge in [-0.15, -0.1) is 0 Å². The number of fused-ring (bicyclic) bond motifs is 6. The molecule has 528 valence electrons. The first kappa shape index (κ1) is 85.8. The Balaban J connectivity index is 0.000000303. The second kappa shape index (κ2) is 47.6. The average molecular weight is 1670 g/mol. The molecule has 0 unspecified atom stereocenters. The number of carbonyl (C=O) groups is 6. The first-order valence-corrected chi connectivity index (χ1v) is 30.8. The average Bonchev–Trinajstić information content (AvgIpc) is 0.805. The van der Waals surface area contributed by atoms with Crippen molar-refractivity contribution < 1.29 is 165 Å². The normalized spacial score (nSPS) is 11.5. The molecule has 0 radical (unpaired) electrons. The molecule has 4 heterocycles. The Labute approximate surface area is 650 Å². The predicted molar refractivity (Wildman–Crippen MR) is 363 cm³/mol. The van der Waals surface area contributed by atoms with Crippen LogP contribution in [-0.4, -0.2) is 92.4 Å². The first-order valence-electron chi connectivity index (χ1n) is 30.8. The number of ether oxygens (including phenoxy) is 6. The summed E-state index contributed by atoms with van der Waals surface area (Å²) in [7, 11) is 0. The van der Waals surface area contributed by atoms with Crippen molar-refractivity contribution in [2.24, 2.45) is 0 Å². The summed E-state index contributed by atoms with van der Waals surface area (Å²) in [5.74, 6) is -4.04. The maximum absolute atomic E-state index is 10.3. The third-order valence-electron chi connectivity index (χ3n) is 13.0. The molecule has 4 aromatic heterocycles. The molecule has 12 rings (SSSR count). The van der Waals surface area contributed by atoms with E-state index >= 15 is 0 Å². The van der Waals surface area contributed by atoms with Gasteiger partial charge >= 0.3 is 77.2 Å². The molecule has 0 bridgehead atoms. The molecular weight excluding hydrogens is 1600 g/mol. The Morgan fingerprint density at radius 3 is 0.490 bits per heavy atom. The molecule has 12 aromatic rings. The van der Waals surface area contributed by atoms with E-state index in [0.29, 0.717) is 34.5 Å². The van der Waals surface area contributed by atoms with Crippen molar-refractivity contribution in [3.63, 3.8) is 0 Å². The predicted octanol–water partition coefficient (Wildman–Crippen LogP) is 6.79. The number of hydrogen-bond acceptors (Lipinski definition) is 22. The van der Waals surface area contributed by atoms with Crippen molar-refractivity contribution in [1.29, 1.82) is 0 Å². The Kier molecular flexibility index (Phi) is 40.0. The van der Waals surface area contributed by atoms with Gasteiger partial charge in [0.1, 0.15) is 71.1 Å². The second-order valence-corrected chi connectivity index (χ2v) is 20.8. The molecule has 0 spiro atoms. The van der Waals surface area contributed by atoms with Gasteiger partial charge in [-0.25, -0.2) is 0 Å². The summed E-state index contributed by atoms with van der Waals surface area (Å²) in [6, 6.07) is 76.9.